The number of benzene rings is 1. The summed E-state index contributed by atoms with van der Waals surface area (Å²) >= 11 is 0. The molecule has 1 saturated carbocycles. The van der Waals surface area contributed by atoms with Crippen molar-refractivity contribution in [3.8, 4) is 22.5 Å². The molecule has 3 aromatic heterocycles. The van der Waals surface area contributed by atoms with Crippen LogP contribution in [0, 0.1) is 12.7 Å². The molecule has 1 fully saturated rings. The highest BCUT2D eigenvalue weighted by molar-refractivity contribution is 5.96. The monoisotopic (exact) mass is 427 g/mol. The smallest absolute Gasteiger partial charge is 0.384 e. The van der Waals surface area contributed by atoms with Crippen LogP contribution in [0.5, 0.6) is 0 Å². The lowest BCUT2D eigenvalue weighted by Gasteiger charge is -2.17. The SMILES string of the molecule is Cc1nc(N)cc(-c2nc(-c3ccccc3)c3cnn(C4CC4)c3c2F)c1C(F)(F)F. The fourth-order valence-electron chi connectivity index (χ4n) is 3.92. The van der Waals surface area contributed by atoms with Gasteiger partial charge >= 0.3 is 6.18 Å². The van der Waals surface area contributed by atoms with E-state index in [2.05, 4.69) is 15.1 Å². The normalized spacial score (nSPS) is 14.4. The Balaban J connectivity index is 1.90. The summed E-state index contributed by atoms with van der Waals surface area (Å²) in [7, 11) is 0. The Morgan fingerprint density at radius 2 is 1.77 bits per heavy atom. The molecule has 5 rings (SSSR count). The molecule has 0 bridgehead atoms. The van der Waals surface area contributed by atoms with Gasteiger partial charge < -0.3 is 5.73 Å². The van der Waals surface area contributed by atoms with Gasteiger partial charge in [0.2, 0.25) is 0 Å². The van der Waals surface area contributed by atoms with Crippen molar-refractivity contribution in [2.75, 3.05) is 5.73 Å². The second kappa shape index (κ2) is 6.76. The van der Waals surface area contributed by atoms with E-state index in [0.29, 0.717) is 16.6 Å². The van der Waals surface area contributed by atoms with Crippen molar-refractivity contribution in [1.82, 2.24) is 19.7 Å². The summed E-state index contributed by atoms with van der Waals surface area (Å²) < 4.78 is 59.1. The van der Waals surface area contributed by atoms with Crippen LogP contribution in [-0.2, 0) is 6.18 Å². The van der Waals surface area contributed by atoms with Gasteiger partial charge in [-0.05, 0) is 25.8 Å². The van der Waals surface area contributed by atoms with Gasteiger partial charge in [-0.1, -0.05) is 30.3 Å². The summed E-state index contributed by atoms with van der Waals surface area (Å²) in [6, 6.07) is 9.98. The molecule has 4 aromatic rings. The fraction of sp³-hybridized carbons (Fsp3) is 0.227. The molecule has 158 valence electrons. The van der Waals surface area contributed by atoms with E-state index in [0.717, 1.165) is 18.9 Å². The van der Waals surface area contributed by atoms with Crippen molar-refractivity contribution in [1.29, 1.82) is 0 Å². The van der Waals surface area contributed by atoms with Crippen LogP contribution in [0.3, 0.4) is 0 Å². The number of pyridine rings is 2. The van der Waals surface area contributed by atoms with Crippen LogP contribution in [0.2, 0.25) is 0 Å². The largest absolute Gasteiger partial charge is 0.418 e. The van der Waals surface area contributed by atoms with Crippen molar-refractivity contribution in [2.24, 2.45) is 0 Å². The van der Waals surface area contributed by atoms with Crippen molar-refractivity contribution < 1.29 is 17.6 Å². The number of aromatic nitrogens is 4. The van der Waals surface area contributed by atoms with Crippen LogP contribution in [0.15, 0.2) is 42.6 Å². The predicted octanol–water partition coefficient (Wildman–Crippen LogP) is 5.54. The molecular formula is C22H17F4N5. The first kappa shape index (κ1) is 19.5. The zero-order valence-corrected chi connectivity index (χ0v) is 16.4. The van der Waals surface area contributed by atoms with Crippen LogP contribution >= 0.6 is 0 Å². The Labute approximate surface area is 174 Å². The molecule has 0 radical (unpaired) electrons. The second-order valence-electron chi connectivity index (χ2n) is 7.62. The molecule has 0 spiro atoms. The van der Waals surface area contributed by atoms with Gasteiger partial charge in [0.25, 0.3) is 0 Å². The average molecular weight is 427 g/mol. The lowest BCUT2D eigenvalue weighted by molar-refractivity contribution is -0.137. The van der Waals surface area contributed by atoms with Crippen LogP contribution < -0.4 is 5.73 Å². The average Bonchev–Trinajstić information content (AvgIpc) is 3.45. The minimum atomic E-state index is -4.76. The van der Waals surface area contributed by atoms with Crippen LogP contribution in [0.25, 0.3) is 33.4 Å². The number of fused-ring (bicyclic) bond motifs is 1. The maximum absolute atomic E-state index is 15.8. The highest BCUT2D eigenvalue weighted by Crippen LogP contribution is 2.44. The molecule has 1 aliphatic rings. The molecule has 1 aliphatic carbocycles. The van der Waals surface area contributed by atoms with Crippen molar-refractivity contribution in [2.45, 2.75) is 32.0 Å². The maximum Gasteiger partial charge on any atom is 0.418 e. The number of anilines is 1. The Morgan fingerprint density at radius 3 is 2.42 bits per heavy atom. The van der Waals surface area contributed by atoms with E-state index < -0.39 is 28.8 Å². The highest BCUT2D eigenvalue weighted by atomic mass is 19.4. The molecule has 31 heavy (non-hydrogen) atoms. The lowest BCUT2D eigenvalue weighted by atomic mass is 9.99. The van der Waals surface area contributed by atoms with Gasteiger partial charge in [0.1, 0.15) is 17.0 Å². The summed E-state index contributed by atoms with van der Waals surface area (Å²) in [5, 5.41) is 4.77. The van der Waals surface area contributed by atoms with Crippen molar-refractivity contribution in [3.05, 3.63) is 59.7 Å². The molecular weight excluding hydrogens is 410 g/mol. The third kappa shape index (κ3) is 3.20. The fourth-order valence-corrected chi connectivity index (χ4v) is 3.92. The second-order valence-corrected chi connectivity index (χ2v) is 7.62. The van der Waals surface area contributed by atoms with Gasteiger partial charge in [0, 0.05) is 16.5 Å². The summed E-state index contributed by atoms with van der Waals surface area (Å²) in [5.74, 6) is -0.992. The third-order valence-corrected chi connectivity index (χ3v) is 5.39. The van der Waals surface area contributed by atoms with Gasteiger partial charge in [-0.3, -0.25) is 4.68 Å². The predicted molar refractivity (Wildman–Crippen MR) is 109 cm³/mol. The van der Waals surface area contributed by atoms with Crippen LogP contribution in [0.1, 0.15) is 30.1 Å². The quantitative estimate of drug-likeness (QED) is 0.436. The number of hydrogen-bond acceptors (Lipinski definition) is 4. The minimum Gasteiger partial charge on any atom is -0.384 e. The van der Waals surface area contributed by atoms with Gasteiger partial charge in [0.15, 0.2) is 5.82 Å². The lowest BCUT2D eigenvalue weighted by Crippen LogP contribution is -2.13. The Bertz CT molecular complexity index is 1310. The van der Waals surface area contributed by atoms with E-state index in [1.807, 2.05) is 6.07 Å². The molecule has 1 aromatic carbocycles. The molecule has 0 saturated heterocycles. The first-order valence-electron chi connectivity index (χ1n) is 9.72. The van der Waals surface area contributed by atoms with Gasteiger partial charge in [-0.25, -0.2) is 14.4 Å². The van der Waals surface area contributed by atoms with Gasteiger partial charge in [-0.15, -0.1) is 0 Å². The number of hydrogen-bond donors (Lipinski definition) is 1. The highest BCUT2D eigenvalue weighted by Gasteiger charge is 2.38. The van der Waals surface area contributed by atoms with E-state index in [-0.39, 0.29) is 23.1 Å². The van der Waals surface area contributed by atoms with E-state index in [1.54, 1.807) is 28.9 Å². The zero-order chi connectivity index (χ0) is 21.9. The van der Waals surface area contributed by atoms with Gasteiger partial charge in [-0.2, -0.15) is 18.3 Å². The van der Waals surface area contributed by atoms with E-state index in [4.69, 9.17) is 5.73 Å². The van der Waals surface area contributed by atoms with Crippen LogP contribution in [-0.4, -0.2) is 19.7 Å². The number of aryl methyl sites for hydroxylation is 1. The van der Waals surface area contributed by atoms with E-state index >= 15 is 4.39 Å². The molecule has 0 atom stereocenters. The molecule has 0 unspecified atom stereocenters. The molecule has 5 nitrogen and oxygen atoms in total. The molecule has 9 heteroatoms. The summed E-state index contributed by atoms with van der Waals surface area (Å²) in [6.07, 6.45) is -1.56. The Morgan fingerprint density at radius 1 is 1.06 bits per heavy atom. The van der Waals surface area contributed by atoms with Crippen molar-refractivity contribution >= 4 is 16.7 Å². The van der Waals surface area contributed by atoms with Crippen molar-refractivity contribution in [3.63, 3.8) is 0 Å². The first-order chi connectivity index (χ1) is 14.8. The first-order valence-corrected chi connectivity index (χ1v) is 9.72. The van der Waals surface area contributed by atoms with Gasteiger partial charge in [0.05, 0.1) is 29.2 Å². The topological polar surface area (TPSA) is 69.6 Å². The number of nitrogen functional groups attached to an aromatic ring is 1. The number of halogens is 4. The number of rotatable bonds is 3. The zero-order valence-electron chi connectivity index (χ0n) is 16.4. The molecule has 3 heterocycles. The number of nitrogens with zero attached hydrogens (tertiary/aromatic N) is 4. The number of nitrogens with two attached hydrogens (primary N) is 1. The summed E-state index contributed by atoms with van der Waals surface area (Å²) in [4.78, 5) is 8.11. The molecule has 2 N–H and O–H groups in total. The Hall–Kier alpha value is -3.49. The molecule has 0 aliphatic heterocycles. The van der Waals surface area contributed by atoms with E-state index in [9.17, 15) is 13.2 Å². The summed E-state index contributed by atoms with van der Waals surface area (Å²) in [5.41, 5.74) is 4.66. The standard InChI is InChI=1S/C22H17F4N5/c1-11-17(22(24,25)26)14(9-16(27)29-11)20-18(23)21-15(10-28-31(21)13-7-8-13)19(30-20)12-5-3-2-4-6-12/h2-6,9-10,13H,7-8H2,1H3,(H2,27,29). The molecule has 0 amide bonds. The van der Waals surface area contributed by atoms with Crippen LogP contribution in [0.4, 0.5) is 23.4 Å². The summed E-state index contributed by atoms with van der Waals surface area (Å²) in [6.45, 7) is 1.20. The number of alkyl halides is 3. The Kier molecular flexibility index (Phi) is 4.25. The van der Waals surface area contributed by atoms with E-state index in [1.165, 1.54) is 13.1 Å². The minimum absolute atomic E-state index is 0.0252. The third-order valence-electron chi connectivity index (χ3n) is 5.39. The maximum atomic E-state index is 15.8.